The number of aryl methyl sites for hydroxylation is 1. The minimum Gasteiger partial charge on any atom is -0.381 e. The first kappa shape index (κ1) is 13.1. The van der Waals surface area contributed by atoms with Gasteiger partial charge in [0, 0.05) is 38.1 Å². The molecule has 0 fully saturated rings. The van der Waals surface area contributed by atoms with Crippen LogP contribution in [0.4, 0.5) is 5.69 Å². The number of nitrogens with zero attached hydrogens (tertiary/aromatic N) is 2. The van der Waals surface area contributed by atoms with E-state index in [4.69, 9.17) is 0 Å². The molecule has 5 heteroatoms. The van der Waals surface area contributed by atoms with Crippen LogP contribution in [-0.2, 0) is 24.8 Å². The maximum atomic E-state index is 11.2. The van der Waals surface area contributed by atoms with E-state index >= 15 is 0 Å². The number of rotatable bonds is 5. The molecule has 19 heavy (non-hydrogen) atoms. The molecule has 0 spiro atoms. The van der Waals surface area contributed by atoms with Crippen LogP contribution >= 0.6 is 0 Å². The molecule has 1 aromatic carbocycles. The predicted octanol–water partition coefficient (Wildman–Crippen LogP) is 1.32. The summed E-state index contributed by atoms with van der Waals surface area (Å²) in [5.74, 6) is 0.0241. The van der Waals surface area contributed by atoms with Crippen LogP contribution in [-0.4, -0.2) is 22.7 Å². The lowest BCUT2D eigenvalue weighted by atomic mass is 10.1. The highest BCUT2D eigenvalue weighted by atomic mass is 16.1. The summed E-state index contributed by atoms with van der Waals surface area (Å²) in [6, 6.07) is 7.88. The Bertz CT molecular complexity index is 545. The molecule has 0 aliphatic carbocycles. The van der Waals surface area contributed by atoms with Gasteiger partial charge in [0.15, 0.2) is 0 Å². The van der Waals surface area contributed by atoms with Gasteiger partial charge in [-0.2, -0.15) is 5.10 Å². The number of hydrogen-bond donors (Lipinski definition) is 2. The van der Waals surface area contributed by atoms with Crippen LogP contribution in [0.2, 0.25) is 0 Å². The van der Waals surface area contributed by atoms with Crippen LogP contribution in [0.15, 0.2) is 36.7 Å². The highest BCUT2D eigenvalue weighted by Crippen LogP contribution is 2.11. The molecular formula is C14H18N4O. The summed E-state index contributed by atoms with van der Waals surface area (Å²) in [7, 11) is 3.54. The van der Waals surface area contributed by atoms with Gasteiger partial charge in [0.1, 0.15) is 0 Å². The first-order chi connectivity index (χ1) is 9.17. The number of carbonyl (C=O) groups is 1. The van der Waals surface area contributed by atoms with Crippen LogP contribution in [0.3, 0.4) is 0 Å². The Hall–Kier alpha value is -2.30. The highest BCUT2D eigenvalue weighted by Gasteiger charge is 2.01. The summed E-state index contributed by atoms with van der Waals surface area (Å²) in [6.45, 7) is 0.739. The Kier molecular flexibility index (Phi) is 4.18. The highest BCUT2D eigenvalue weighted by molar-refractivity contribution is 5.78. The van der Waals surface area contributed by atoms with E-state index in [1.165, 1.54) is 0 Å². The van der Waals surface area contributed by atoms with Gasteiger partial charge >= 0.3 is 0 Å². The number of likely N-dealkylation sites (N-methyl/N-ethyl adjacent to an activating group) is 1. The fraction of sp³-hybridized carbons (Fsp3) is 0.286. The van der Waals surface area contributed by atoms with Crippen LogP contribution in [0, 0.1) is 0 Å². The van der Waals surface area contributed by atoms with E-state index in [9.17, 15) is 4.79 Å². The fourth-order valence-electron chi connectivity index (χ4n) is 1.78. The molecular weight excluding hydrogens is 240 g/mol. The molecule has 5 nitrogen and oxygen atoms in total. The molecule has 0 atom stereocenters. The Morgan fingerprint density at radius 2 is 2.00 bits per heavy atom. The average Bonchev–Trinajstić information content (AvgIpc) is 2.83. The van der Waals surface area contributed by atoms with Crippen molar-refractivity contribution in [3.63, 3.8) is 0 Å². The first-order valence-corrected chi connectivity index (χ1v) is 6.18. The molecule has 0 aliphatic heterocycles. The third-order valence-electron chi connectivity index (χ3n) is 2.85. The molecule has 2 rings (SSSR count). The van der Waals surface area contributed by atoms with Crippen molar-refractivity contribution in [2.24, 2.45) is 7.05 Å². The fourth-order valence-corrected chi connectivity index (χ4v) is 1.78. The molecule has 0 bridgehead atoms. The maximum Gasteiger partial charge on any atom is 0.224 e. The number of aromatic nitrogens is 2. The third kappa shape index (κ3) is 3.84. The molecule has 100 valence electrons. The quantitative estimate of drug-likeness (QED) is 0.850. The van der Waals surface area contributed by atoms with E-state index in [1.807, 2.05) is 43.7 Å². The second-order valence-electron chi connectivity index (χ2n) is 4.42. The molecule has 0 saturated heterocycles. The monoisotopic (exact) mass is 258 g/mol. The van der Waals surface area contributed by atoms with Crippen molar-refractivity contribution < 1.29 is 4.79 Å². The number of benzene rings is 1. The van der Waals surface area contributed by atoms with Crippen molar-refractivity contribution in [2.45, 2.75) is 13.0 Å². The minimum absolute atomic E-state index is 0.0241. The number of carbonyl (C=O) groups excluding carboxylic acids is 1. The molecule has 1 amide bonds. The number of anilines is 1. The van der Waals surface area contributed by atoms with Gasteiger partial charge in [-0.25, -0.2) is 0 Å². The van der Waals surface area contributed by atoms with E-state index in [0.29, 0.717) is 6.42 Å². The van der Waals surface area contributed by atoms with Gasteiger partial charge in [-0.15, -0.1) is 0 Å². The Morgan fingerprint density at radius 3 is 2.58 bits per heavy atom. The van der Waals surface area contributed by atoms with E-state index < -0.39 is 0 Å². The van der Waals surface area contributed by atoms with Crippen molar-refractivity contribution in [1.82, 2.24) is 15.1 Å². The number of amides is 1. The number of nitrogens with one attached hydrogen (secondary N) is 2. The second-order valence-corrected chi connectivity index (χ2v) is 4.42. The van der Waals surface area contributed by atoms with E-state index in [0.717, 1.165) is 23.4 Å². The predicted molar refractivity (Wildman–Crippen MR) is 74.7 cm³/mol. The zero-order chi connectivity index (χ0) is 13.7. The lowest BCUT2D eigenvalue weighted by molar-refractivity contribution is -0.119. The average molecular weight is 258 g/mol. The largest absolute Gasteiger partial charge is 0.381 e. The summed E-state index contributed by atoms with van der Waals surface area (Å²) < 4.78 is 1.78. The lowest BCUT2D eigenvalue weighted by Crippen LogP contribution is -2.19. The third-order valence-corrected chi connectivity index (χ3v) is 2.85. The first-order valence-electron chi connectivity index (χ1n) is 6.18. The zero-order valence-corrected chi connectivity index (χ0v) is 11.2. The van der Waals surface area contributed by atoms with Gasteiger partial charge in [-0.05, 0) is 17.7 Å². The number of hydrogen-bond acceptors (Lipinski definition) is 3. The van der Waals surface area contributed by atoms with Gasteiger partial charge in [0.25, 0.3) is 0 Å². The van der Waals surface area contributed by atoms with E-state index in [-0.39, 0.29) is 5.91 Å². The van der Waals surface area contributed by atoms with Gasteiger partial charge < -0.3 is 10.6 Å². The molecule has 1 heterocycles. The standard InChI is InChI=1S/C14H18N4O/c1-15-14(19)7-11-3-5-13(6-4-11)16-8-12-9-17-18(2)10-12/h3-6,9-10,16H,7-8H2,1-2H3,(H,15,19). The normalized spacial score (nSPS) is 10.2. The zero-order valence-electron chi connectivity index (χ0n) is 11.2. The SMILES string of the molecule is CNC(=O)Cc1ccc(NCc2cnn(C)c2)cc1. The summed E-state index contributed by atoms with van der Waals surface area (Å²) in [4.78, 5) is 11.2. The maximum absolute atomic E-state index is 11.2. The van der Waals surface area contributed by atoms with Crippen LogP contribution < -0.4 is 10.6 Å². The van der Waals surface area contributed by atoms with Crippen LogP contribution in [0.5, 0.6) is 0 Å². The van der Waals surface area contributed by atoms with Gasteiger partial charge in [-0.3, -0.25) is 9.48 Å². The van der Waals surface area contributed by atoms with Crippen molar-refractivity contribution in [1.29, 1.82) is 0 Å². The van der Waals surface area contributed by atoms with Crippen LogP contribution in [0.25, 0.3) is 0 Å². The lowest BCUT2D eigenvalue weighted by Gasteiger charge is -2.06. The molecule has 0 unspecified atom stereocenters. The van der Waals surface area contributed by atoms with E-state index in [2.05, 4.69) is 15.7 Å². The summed E-state index contributed by atoms with van der Waals surface area (Å²) in [5, 5.41) is 10.0. The molecule has 0 radical (unpaired) electrons. The minimum atomic E-state index is 0.0241. The van der Waals surface area contributed by atoms with E-state index in [1.54, 1.807) is 11.7 Å². The van der Waals surface area contributed by atoms with Crippen molar-refractivity contribution in [3.05, 3.63) is 47.8 Å². The smallest absolute Gasteiger partial charge is 0.224 e. The molecule has 0 saturated carbocycles. The van der Waals surface area contributed by atoms with Crippen LogP contribution in [0.1, 0.15) is 11.1 Å². The molecule has 2 aromatic rings. The van der Waals surface area contributed by atoms with Gasteiger partial charge in [0.2, 0.25) is 5.91 Å². The van der Waals surface area contributed by atoms with Crippen molar-refractivity contribution in [2.75, 3.05) is 12.4 Å². The topological polar surface area (TPSA) is 59.0 Å². The summed E-state index contributed by atoms with van der Waals surface area (Å²) in [6.07, 6.45) is 4.24. The summed E-state index contributed by atoms with van der Waals surface area (Å²) in [5.41, 5.74) is 3.17. The van der Waals surface area contributed by atoms with Crippen molar-refractivity contribution in [3.8, 4) is 0 Å². The van der Waals surface area contributed by atoms with Gasteiger partial charge in [-0.1, -0.05) is 12.1 Å². The second kappa shape index (κ2) is 6.04. The Labute approximate surface area is 112 Å². The molecule has 2 N–H and O–H groups in total. The Morgan fingerprint density at radius 1 is 1.26 bits per heavy atom. The summed E-state index contributed by atoms with van der Waals surface area (Å²) >= 11 is 0. The Balaban J connectivity index is 1.89. The molecule has 1 aromatic heterocycles. The van der Waals surface area contributed by atoms with Crippen molar-refractivity contribution >= 4 is 11.6 Å². The molecule has 0 aliphatic rings. The van der Waals surface area contributed by atoms with Gasteiger partial charge in [0.05, 0.1) is 12.6 Å².